The number of hydrogen-bond donors (Lipinski definition) is 1. The summed E-state index contributed by atoms with van der Waals surface area (Å²) in [5.41, 5.74) is 2.46. The predicted octanol–water partition coefficient (Wildman–Crippen LogP) is 3.09. The Bertz CT molecular complexity index is 724. The predicted molar refractivity (Wildman–Crippen MR) is 102 cm³/mol. The third-order valence-electron chi connectivity index (χ3n) is 4.43. The molecular weight excluding hydrogens is 314 g/mol. The topological polar surface area (TPSA) is 44.8 Å². The number of carbonyl (C=O) groups is 1. The van der Waals surface area contributed by atoms with Gasteiger partial charge in [0.25, 0.3) is 5.91 Å². The van der Waals surface area contributed by atoms with Crippen LogP contribution in [0, 0.1) is 0 Å². The first-order valence-corrected chi connectivity index (χ1v) is 8.74. The Morgan fingerprint density at radius 2 is 1.72 bits per heavy atom. The molecule has 1 fully saturated rings. The lowest BCUT2D eigenvalue weighted by atomic mass is 10.1. The molecule has 0 radical (unpaired) electrons. The maximum absolute atomic E-state index is 12.8. The highest BCUT2D eigenvalue weighted by Crippen LogP contribution is 2.28. The van der Waals surface area contributed by atoms with E-state index in [9.17, 15) is 4.79 Å². The number of likely N-dealkylation sites (N-methyl/N-ethyl adjacent to an activating group) is 1. The fourth-order valence-corrected chi connectivity index (χ4v) is 3.03. The lowest BCUT2D eigenvalue weighted by Crippen LogP contribution is -2.44. The van der Waals surface area contributed by atoms with Crippen molar-refractivity contribution in [3.63, 3.8) is 0 Å². The van der Waals surface area contributed by atoms with Gasteiger partial charge in [-0.25, -0.2) is 0 Å². The maximum Gasteiger partial charge on any atom is 0.259 e. The molecule has 0 atom stereocenters. The SMILES string of the molecule is CCOc1ccccc1C(=O)Nc1ccccc1N1CCN(C)CC1. The number of hydrogen-bond acceptors (Lipinski definition) is 4. The first-order valence-electron chi connectivity index (χ1n) is 8.74. The van der Waals surface area contributed by atoms with Crippen LogP contribution in [0.5, 0.6) is 5.75 Å². The van der Waals surface area contributed by atoms with Crippen molar-refractivity contribution in [2.24, 2.45) is 0 Å². The average Bonchev–Trinajstić information content (AvgIpc) is 2.64. The van der Waals surface area contributed by atoms with E-state index in [2.05, 4.69) is 28.2 Å². The number of carbonyl (C=O) groups excluding carboxylic acids is 1. The molecule has 132 valence electrons. The van der Waals surface area contributed by atoms with Gasteiger partial charge in [-0.05, 0) is 38.2 Å². The van der Waals surface area contributed by atoms with Gasteiger partial charge >= 0.3 is 0 Å². The van der Waals surface area contributed by atoms with Gasteiger partial charge in [0, 0.05) is 26.2 Å². The van der Waals surface area contributed by atoms with Crippen LogP contribution in [0.15, 0.2) is 48.5 Å². The average molecular weight is 339 g/mol. The second-order valence-electron chi connectivity index (χ2n) is 6.19. The van der Waals surface area contributed by atoms with Gasteiger partial charge < -0.3 is 19.9 Å². The van der Waals surface area contributed by atoms with Gasteiger partial charge in [-0.2, -0.15) is 0 Å². The number of anilines is 2. The van der Waals surface area contributed by atoms with Gasteiger partial charge in [-0.3, -0.25) is 4.79 Å². The molecule has 5 nitrogen and oxygen atoms in total. The number of para-hydroxylation sites is 3. The number of nitrogens with one attached hydrogen (secondary N) is 1. The van der Waals surface area contributed by atoms with E-state index in [4.69, 9.17) is 4.74 Å². The van der Waals surface area contributed by atoms with Crippen LogP contribution in [0.25, 0.3) is 0 Å². The zero-order chi connectivity index (χ0) is 17.6. The number of benzene rings is 2. The highest BCUT2D eigenvalue weighted by Gasteiger charge is 2.19. The molecule has 0 bridgehead atoms. The summed E-state index contributed by atoms with van der Waals surface area (Å²) in [7, 11) is 2.13. The van der Waals surface area contributed by atoms with Crippen LogP contribution in [-0.2, 0) is 0 Å². The highest BCUT2D eigenvalue weighted by atomic mass is 16.5. The van der Waals surface area contributed by atoms with E-state index in [1.807, 2.05) is 43.3 Å². The molecule has 0 unspecified atom stereocenters. The number of amides is 1. The van der Waals surface area contributed by atoms with Gasteiger partial charge in [0.15, 0.2) is 0 Å². The zero-order valence-corrected chi connectivity index (χ0v) is 14.9. The molecule has 2 aromatic rings. The third kappa shape index (κ3) is 4.12. The third-order valence-corrected chi connectivity index (χ3v) is 4.43. The minimum Gasteiger partial charge on any atom is -0.493 e. The minimum atomic E-state index is -0.148. The van der Waals surface area contributed by atoms with Crippen molar-refractivity contribution in [2.75, 3.05) is 50.1 Å². The zero-order valence-electron chi connectivity index (χ0n) is 14.9. The summed E-state index contributed by atoms with van der Waals surface area (Å²) in [5, 5.41) is 3.06. The molecule has 0 saturated carbocycles. The molecule has 1 saturated heterocycles. The Kier molecular flexibility index (Phi) is 5.56. The lowest BCUT2D eigenvalue weighted by molar-refractivity contribution is 0.102. The maximum atomic E-state index is 12.8. The Balaban J connectivity index is 1.80. The molecule has 0 aromatic heterocycles. The van der Waals surface area contributed by atoms with Gasteiger partial charge in [0.1, 0.15) is 5.75 Å². The van der Waals surface area contributed by atoms with Crippen molar-refractivity contribution in [3.05, 3.63) is 54.1 Å². The van der Waals surface area contributed by atoms with Crippen molar-refractivity contribution >= 4 is 17.3 Å². The van der Waals surface area contributed by atoms with Gasteiger partial charge in [0.2, 0.25) is 0 Å². The smallest absolute Gasteiger partial charge is 0.259 e. The van der Waals surface area contributed by atoms with Crippen LogP contribution in [0.3, 0.4) is 0 Å². The second-order valence-corrected chi connectivity index (χ2v) is 6.19. The number of ether oxygens (including phenoxy) is 1. The molecule has 1 aliphatic heterocycles. The van der Waals surface area contributed by atoms with Crippen molar-refractivity contribution in [3.8, 4) is 5.75 Å². The molecule has 0 aliphatic carbocycles. The van der Waals surface area contributed by atoms with E-state index in [0.717, 1.165) is 37.6 Å². The largest absolute Gasteiger partial charge is 0.493 e. The summed E-state index contributed by atoms with van der Waals surface area (Å²) >= 11 is 0. The normalized spacial score (nSPS) is 15.0. The minimum absolute atomic E-state index is 0.148. The summed E-state index contributed by atoms with van der Waals surface area (Å²) < 4.78 is 5.58. The molecule has 1 heterocycles. The van der Waals surface area contributed by atoms with Crippen LogP contribution in [0.2, 0.25) is 0 Å². The summed E-state index contributed by atoms with van der Waals surface area (Å²) in [6, 6.07) is 15.3. The van der Waals surface area contributed by atoms with E-state index >= 15 is 0 Å². The number of rotatable bonds is 5. The Hall–Kier alpha value is -2.53. The van der Waals surface area contributed by atoms with Crippen LogP contribution in [0.1, 0.15) is 17.3 Å². The fraction of sp³-hybridized carbons (Fsp3) is 0.350. The standard InChI is InChI=1S/C20H25N3O2/c1-3-25-19-11-7-4-8-16(19)20(24)21-17-9-5-6-10-18(17)23-14-12-22(2)13-15-23/h4-11H,3,12-15H2,1-2H3,(H,21,24). The van der Waals surface area contributed by atoms with Crippen LogP contribution >= 0.6 is 0 Å². The Labute approximate surface area is 149 Å². The van der Waals surface area contributed by atoms with Crippen molar-refractivity contribution < 1.29 is 9.53 Å². The molecule has 0 spiro atoms. The monoisotopic (exact) mass is 339 g/mol. The number of nitrogens with zero attached hydrogens (tertiary/aromatic N) is 2. The van der Waals surface area contributed by atoms with E-state index in [-0.39, 0.29) is 5.91 Å². The van der Waals surface area contributed by atoms with Gasteiger partial charge in [0.05, 0.1) is 23.5 Å². The summed E-state index contributed by atoms with van der Waals surface area (Å²) in [6.07, 6.45) is 0. The van der Waals surface area contributed by atoms with Crippen molar-refractivity contribution in [1.29, 1.82) is 0 Å². The first kappa shape index (κ1) is 17.3. The van der Waals surface area contributed by atoms with Crippen molar-refractivity contribution in [1.82, 2.24) is 4.90 Å². The summed E-state index contributed by atoms with van der Waals surface area (Å²) in [4.78, 5) is 17.4. The van der Waals surface area contributed by atoms with Crippen molar-refractivity contribution in [2.45, 2.75) is 6.92 Å². The Morgan fingerprint density at radius 1 is 1.04 bits per heavy atom. The summed E-state index contributed by atoms with van der Waals surface area (Å²) in [6.45, 7) is 6.41. The molecule has 1 N–H and O–H groups in total. The molecule has 3 rings (SSSR count). The van der Waals surface area contributed by atoms with E-state index < -0.39 is 0 Å². The van der Waals surface area contributed by atoms with Crippen LogP contribution in [-0.4, -0.2) is 50.6 Å². The quantitative estimate of drug-likeness (QED) is 0.909. The van der Waals surface area contributed by atoms with Crippen LogP contribution in [0.4, 0.5) is 11.4 Å². The number of piperazine rings is 1. The lowest BCUT2D eigenvalue weighted by Gasteiger charge is -2.35. The molecule has 2 aromatic carbocycles. The van der Waals surface area contributed by atoms with Gasteiger partial charge in [-0.15, -0.1) is 0 Å². The molecule has 25 heavy (non-hydrogen) atoms. The van der Waals surface area contributed by atoms with Crippen LogP contribution < -0.4 is 15.0 Å². The Morgan fingerprint density at radius 3 is 2.48 bits per heavy atom. The highest BCUT2D eigenvalue weighted by molar-refractivity contribution is 6.07. The summed E-state index contributed by atoms with van der Waals surface area (Å²) in [5.74, 6) is 0.463. The van der Waals surface area contributed by atoms with E-state index in [1.165, 1.54) is 0 Å². The molecule has 1 amide bonds. The molecular formula is C20H25N3O2. The second kappa shape index (κ2) is 8.03. The van der Waals surface area contributed by atoms with Gasteiger partial charge in [-0.1, -0.05) is 24.3 Å². The fourth-order valence-electron chi connectivity index (χ4n) is 3.03. The molecule has 1 aliphatic rings. The first-order chi connectivity index (χ1) is 12.2. The van der Waals surface area contributed by atoms with E-state index in [0.29, 0.717) is 17.9 Å². The van der Waals surface area contributed by atoms with E-state index in [1.54, 1.807) is 6.07 Å². The molecule has 5 heteroatoms.